The highest BCUT2D eigenvalue weighted by Gasteiger charge is 2.09. The maximum atomic E-state index is 12.2. The van der Waals surface area contributed by atoms with E-state index in [-0.39, 0.29) is 24.4 Å². The fraction of sp³-hybridized carbons (Fsp3) is 0.300. The molecule has 5 heteroatoms. The first kappa shape index (κ1) is 18.5. The highest BCUT2D eigenvalue weighted by molar-refractivity contribution is 5.98. The van der Waals surface area contributed by atoms with Gasteiger partial charge in [0.25, 0.3) is 5.91 Å². The summed E-state index contributed by atoms with van der Waals surface area (Å²) in [6.07, 6.45) is 0. The highest BCUT2D eigenvalue weighted by atomic mass is 16.2. The van der Waals surface area contributed by atoms with Crippen LogP contribution in [0.4, 0.5) is 11.4 Å². The Morgan fingerprint density at radius 3 is 2.52 bits per heavy atom. The largest absolute Gasteiger partial charge is 0.376 e. The molecule has 2 aromatic rings. The lowest BCUT2D eigenvalue weighted by molar-refractivity contribution is -0.114. The molecule has 25 heavy (non-hydrogen) atoms. The molecule has 132 valence electrons. The average Bonchev–Trinajstić information content (AvgIpc) is 2.55. The van der Waals surface area contributed by atoms with Gasteiger partial charge in [0.15, 0.2) is 0 Å². The van der Waals surface area contributed by atoms with Crippen molar-refractivity contribution in [3.63, 3.8) is 0 Å². The van der Waals surface area contributed by atoms with Crippen LogP contribution in [0.1, 0.15) is 35.3 Å². The second kappa shape index (κ2) is 8.33. The van der Waals surface area contributed by atoms with Crippen molar-refractivity contribution in [1.29, 1.82) is 0 Å². The zero-order valence-electron chi connectivity index (χ0n) is 15.1. The van der Waals surface area contributed by atoms with Crippen molar-refractivity contribution in [2.75, 3.05) is 17.2 Å². The van der Waals surface area contributed by atoms with Gasteiger partial charge in [-0.3, -0.25) is 9.59 Å². The molecule has 3 N–H and O–H groups in total. The van der Waals surface area contributed by atoms with Crippen LogP contribution in [0, 0.1) is 13.8 Å². The molecule has 0 aliphatic heterocycles. The van der Waals surface area contributed by atoms with Crippen LogP contribution in [0.2, 0.25) is 0 Å². The molecule has 0 aliphatic rings. The van der Waals surface area contributed by atoms with Crippen molar-refractivity contribution in [3.05, 3.63) is 59.2 Å². The van der Waals surface area contributed by atoms with Gasteiger partial charge in [0.05, 0.1) is 6.54 Å². The molecule has 0 saturated carbocycles. The molecule has 0 spiro atoms. The smallest absolute Gasteiger partial charge is 0.251 e. The van der Waals surface area contributed by atoms with Gasteiger partial charge in [-0.05, 0) is 63.1 Å². The molecule has 0 saturated heterocycles. The summed E-state index contributed by atoms with van der Waals surface area (Å²) in [5.41, 5.74) is 4.29. The van der Waals surface area contributed by atoms with E-state index in [1.165, 1.54) is 0 Å². The minimum Gasteiger partial charge on any atom is -0.376 e. The van der Waals surface area contributed by atoms with Gasteiger partial charge in [-0.15, -0.1) is 0 Å². The van der Waals surface area contributed by atoms with Crippen LogP contribution in [0.5, 0.6) is 0 Å². The first-order valence-electron chi connectivity index (χ1n) is 8.37. The van der Waals surface area contributed by atoms with E-state index in [1.54, 1.807) is 24.3 Å². The van der Waals surface area contributed by atoms with Crippen molar-refractivity contribution >= 4 is 23.2 Å². The third-order valence-corrected chi connectivity index (χ3v) is 3.66. The minimum atomic E-state index is -0.165. The Labute approximate surface area is 148 Å². The second-order valence-electron chi connectivity index (χ2n) is 6.43. The summed E-state index contributed by atoms with van der Waals surface area (Å²) in [6.45, 7) is 7.98. The quantitative estimate of drug-likeness (QED) is 0.754. The number of anilines is 2. The molecular weight excluding hydrogens is 314 g/mol. The van der Waals surface area contributed by atoms with Gasteiger partial charge < -0.3 is 16.0 Å². The van der Waals surface area contributed by atoms with E-state index in [0.717, 1.165) is 16.8 Å². The summed E-state index contributed by atoms with van der Waals surface area (Å²) in [7, 11) is 0. The fourth-order valence-electron chi connectivity index (χ4n) is 2.39. The average molecular weight is 339 g/mol. The van der Waals surface area contributed by atoms with Crippen LogP contribution in [-0.2, 0) is 4.79 Å². The monoisotopic (exact) mass is 339 g/mol. The Kier molecular flexibility index (Phi) is 6.17. The van der Waals surface area contributed by atoms with Crippen LogP contribution >= 0.6 is 0 Å². The van der Waals surface area contributed by atoms with Gasteiger partial charge in [0.1, 0.15) is 0 Å². The van der Waals surface area contributed by atoms with E-state index in [9.17, 15) is 9.59 Å². The van der Waals surface area contributed by atoms with Crippen LogP contribution in [0.3, 0.4) is 0 Å². The maximum absolute atomic E-state index is 12.2. The summed E-state index contributed by atoms with van der Waals surface area (Å²) in [6, 6.07) is 13.0. The first-order valence-corrected chi connectivity index (χ1v) is 8.37. The van der Waals surface area contributed by atoms with E-state index in [0.29, 0.717) is 11.3 Å². The van der Waals surface area contributed by atoms with Gasteiger partial charge >= 0.3 is 0 Å². The Morgan fingerprint density at radius 2 is 1.80 bits per heavy atom. The van der Waals surface area contributed by atoms with Gasteiger partial charge in [-0.1, -0.05) is 18.2 Å². The number of rotatable bonds is 6. The van der Waals surface area contributed by atoms with Gasteiger partial charge in [-0.2, -0.15) is 0 Å². The van der Waals surface area contributed by atoms with Gasteiger partial charge in [-0.25, -0.2) is 0 Å². The number of carbonyl (C=O) groups excluding carboxylic acids is 2. The second-order valence-corrected chi connectivity index (χ2v) is 6.43. The Morgan fingerprint density at radius 1 is 1.04 bits per heavy atom. The number of hydrogen-bond donors (Lipinski definition) is 3. The molecule has 2 rings (SSSR count). The molecular formula is C20H25N3O2. The predicted molar refractivity (Wildman–Crippen MR) is 102 cm³/mol. The van der Waals surface area contributed by atoms with Crippen LogP contribution in [-0.4, -0.2) is 24.4 Å². The predicted octanol–water partition coefficient (Wildman–Crippen LogP) is 3.49. The van der Waals surface area contributed by atoms with Crippen molar-refractivity contribution in [2.24, 2.45) is 0 Å². The lowest BCUT2D eigenvalue weighted by atomic mass is 10.1. The molecule has 0 bridgehead atoms. The molecule has 0 fully saturated rings. The topological polar surface area (TPSA) is 70.2 Å². The zero-order valence-corrected chi connectivity index (χ0v) is 15.1. The summed E-state index contributed by atoms with van der Waals surface area (Å²) < 4.78 is 0. The summed E-state index contributed by atoms with van der Waals surface area (Å²) >= 11 is 0. The zero-order chi connectivity index (χ0) is 18.4. The number of amides is 2. The molecule has 0 aliphatic carbocycles. The van der Waals surface area contributed by atoms with Crippen molar-refractivity contribution in [2.45, 2.75) is 33.7 Å². The van der Waals surface area contributed by atoms with Crippen LogP contribution in [0.25, 0.3) is 0 Å². The Bertz CT molecular complexity index is 769. The highest BCUT2D eigenvalue weighted by Crippen LogP contribution is 2.16. The first-order chi connectivity index (χ1) is 11.8. The summed E-state index contributed by atoms with van der Waals surface area (Å²) in [5, 5.41) is 8.79. The third-order valence-electron chi connectivity index (χ3n) is 3.66. The van der Waals surface area contributed by atoms with Crippen LogP contribution in [0.15, 0.2) is 42.5 Å². The molecule has 0 unspecified atom stereocenters. The van der Waals surface area contributed by atoms with Gasteiger partial charge in [0.2, 0.25) is 5.91 Å². The molecule has 0 radical (unpaired) electrons. The molecule has 0 aromatic heterocycles. The number of aryl methyl sites for hydroxylation is 2. The summed E-state index contributed by atoms with van der Waals surface area (Å²) in [4.78, 5) is 24.2. The SMILES string of the molecule is Cc1ccc(C)c(NCC(=O)Nc2cccc(C(=O)NC(C)C)c2)c1. The van der Waals surface area contributed by atoms with E-state index in [4.69, 9.17) is 0 Å². The molecule has 2 amide bonds. The Balaban J connectivity index is 1.96. The van der Waals surface area contributed by atoms with Crippen molar-refractivity contribution in [3.8, 4) is 0 Å². The molecule has 5 nitrogen and oxygen atoms in total. The van der Waals surface area contributed by atoms with Crippen molar-refractivity contribution in [1.82, 2.24) is 5.32 Å². The van der Waals surface area contributed by atoms with Crippen LogP contribution < -0.4 is 16.0 Å². The number of hydrogen-bond acceptors (Lipinski definition) is 3. The van der Waals surface area contributed by atoms with Crippen molar-refractivity contribution < 1.29 is 9.59 Å². The molecule has 2 aromatic carbocycles. The standard InChI is InChI=1S/C20H25N3O2/c1-13(2)22-20(25)16-6-5-7-17(11-16)23-19(24)12-21-18-10-14(3)8-9-15(18)4/h5-11,13,21H,12H2,1-4H3,(H,22,25)(H,23,24). The normalized spacial score (nSPS) is 10.4. The van der Waals surface area contributed by atoms with E-state index in [2.05, 4.69) is 16.0 Å². The molecule has 0 atom stereocenters. The van der Waals surface area contributed by atoms with E-state index < -0.39 is 0 Å². The van der Waals surface area contributed by atoms with E-state index >= 15 is 0 Å². The lowest BCUT2D eigenvalue weighted by Gasteiger charge is -2.12. The Hall–Kier alpha value is -2.82. The minimum absolute atomic E-state index is 0.0625. The molecule has 0 heterocycles. The lowest BCUT2D eigenvalue weighted by Crippen LogP contribution is -2.30. The number of carbonyl (C=O) groups is 2. The maximum Gasteiger partial charge on any atom is 0.251 e. The number of benzene rings is 2. The van der Waals surface area contributed by atoms with E-state index in [1.807, 2.05) is 45.9 Å². The number of nitrogens with one attached hydrogen (secondary N) is 3. The van der Waals surface area contributed by atoms with Gasteiger partial charge in [0, 0.05) is 23.0 Å². The fourth-order valence-corrected chi connectivity index (χ4v) is 2.39. The summed E-state index contributed by atoms with van der Waals surface area (Å²) in [5.74, 6) is -0.318. The third kappa shape index (κ3) is 5.64.